The van der Waals surface area contributed by atoms with Gasteiger partial charge in [-0.2, -0.15) is 5.26 Å². The smallest absolute Gasteiger partial charge is 0.325 e. The van der Waals surface area contributed by atoms with E-state index in [0.717, 1.165) is 37.0 Å². The number of piperidine rings is 1. The minimum atomic E-state index is -0.866. The van der Waals surface area contributed by atoms with E-state index < -0.39 is 11.6 Å². The Hall–Kier alpha value is -3.81. The maximum absolute atomic E-state index is 13.2. The van der Waals surface area contributed by atoms with Crippen molar-refractivity contribution in [2.24, 2.45) is 5.92 Å². The fourth-order valence-electron chi connectivity index (χ4n) is 5.50. The minimum Gasteiger partial charge on any atom is -0.339 e. The maximum Gasteiger partial charge on any atom is 0.325 e. The quantitative estimate of drug-likeness (QED) is 0.665. The van der Waals surface area contributed by atoms with Gasteiger partial charge in [0.15, 0.2) is 0 Å². The van der Waals surface area contributed by atoms with E-state index in [-0.39, 0.29) is 30.3 Å². The van der Waals surface area contributed by atoms with E-state index in [2.05, 4.69) is 26.7 Å². The summed E-state index contributed by atoms with van der Waals surface area (Å²) in [5, 5.41) is 20.5. The van der Waals surface area contributed by atoms with Gasteiger partial charge >= 0.3 is 6.03 Å². The number of nitrogens with zero attached hydrogens (tertiary/aromatic N) is 7. The summed E-state index contributed by atoms with van der Waals surface area (Å²) in [4.78, 5) is 45.9. The molecule has 2 aromatic heterocycles. The molecule has 0 aromatic carbocycles. The second-order valence-corrected chi connectivity index (χ2v) is 9.73. The molecule has 1 spiro atoms. The second kappa shape index (κ2) is 9.09. The molecule has 2 aliphatic heterocycles. The first kappa shape index (κ1) is 23.0. The Labute approximate surface area is 203 Å². The predicted molar refractivity (Wildman–Crippen MR) is 123 cm³/mol. The molecule has 2 saturated heterocycles. The van der Waals surface area contributed by atoms with E-state index in [0.29, 0.717) is 36.3 Å². The Kier molecular flexibility index (Phi) is 5.96. The Balaban J connectivity index is 1.25. The number of nitrogens with one attached hydrogen (secondary N) is 1. The molecule has 4 amide bonds. The first-order valence-electron chi connectivity index (χ1n) is 12.1. The molecule has 3 unspecified atom stereocenters. The zero-order valence-corrected chi connectivity index (χ0v) is 19.7. The third kappa shape index (κ3) is 4.13. The molecule has 1 N–H and O–H groups in total. The highest BCUT2D eigenvalue weighted by Crippen LogP contribution is 2.38. The van der Waals surface area contributed by atoms with Crippen molar-refractivity contribution in [1.82, 2.24) is 35.1 Å². The van der Waals surface area contributed by atoms with E-state index in [1.165, 1.54) is 6.20 Å². The zero-order valence-electron chi connectivity index (χ0n) is 19.7. The highest BCUT2D eigenvalue weighted by Gasteiger charge is 2.55. The minimum absolute atomic E-state index is 0.0535. The fraction of sp³-hybridized carbons (Fsp3) is 0.542. The van der Waals surface area contributed by atoms with Crippen molar-refractivity contribution in [3.8, 4) is 17.3 Å². The van der Waals surface area contributed by atoms with Crippen LogP contribution in [0.2, 0.25) is 0 Å². The average molecular weight is 477 g/mol. The van der Waals surface area contributed by atoms with E-state index in [1.807, 2.05) is 6.92 Å². The number of nitriles is 1. The second-order valence-electron chi connectivity index (χ2n) is 9.73. The first-order valence-corrected chi connectivity index (χ1v) is 12.1. The van der Waals surface area contributed by atoms with Crippen LogP contribution in [0.3, 0.4) is 0 Å². The molecule has 2 aromatic rings. The van der Waals surface area contributed by atoms with Crippen molar-refractivity contribution in [2.75, 3.05) is 19.6 Å². The van der Waals surface area contributed by atoms with Gasteiger partial charge in [0.25, 0.3) is 5.91 Å². The molecular formula is C24H28N8O3. The average Bonchev–Trinajstić information content (AvgIpc) is 3.46. The Bertz CT molecular complexity index is 1200. The molecule has 3 fully saturated rings. The Morgan fingerprint density at radius 1 is 1.26 bits per heavy atom. The lowest BCUT2D eigenvalue weighted by Crippen LogP contribution is -2.54. The molecule has 1 saturated carbocycles. The third-order valence-electron chi connectivity index (χ3n) is 7.59. The van der Waals surface area contributed by atoms with Crippen LogP contribution in [-0.2, 0) is 9.59 Å². The molecule has 3 aliphatic rings. The van der Waals surface area contributed by atoms with Gasteiger partial charge in [-0.05, 0) is 37.7 Å². The number of carbonyl (C=O) groups excluding carboxylic acids is 3. The van der Waals surface area contributed by atoms with Crippen molar-refractivity contribution in [3.63, 3.8) is 0 Å². The summed E-state index contributed by atoms with van der Waals surface area (Å²) >= 11 is 0. The topological polar surface area (TPSA) is 137 Å². The number of likely N-dealkylation sites (tertiary alicyclic amines) is 1. The lowest BCUT2D eigenvalue weighted by atomic mass is 9.73. The SMILES string of the molecule is CC1CCCCC12NC(=O)N(CC(=O)N1CCCC(n3cc(-c4cncc(C#N)c4)nn3)C1)C2=O. The number of pyridine rings is 1. The van der Waals surface area contributed by atoms with Crippen LogP contribution in [0.25, 0.3) is 11.3 Å². The molecule has 5 rings (SSSR count). The highest BCUT2D eigenvalue weighted by atomic mass is 16.2. The molecule has 1 aliphatic carbocycles. The number of rotatable bonds is 4. The van der Waals surface area contributed by atoms with Gasteiger partial charge in [-0.15, -0.1) is 5.10 Å². The van der Waals surface area contributed by atoms with Crippen LogP contribution in [0.1, 0.15) is 57.1 Å². The number of hydrogen-bond acceptors (Lipinski definition) is 7. The molecule has 35 heavy (non-hydrogen) atoms. The van der Waals surface area contributed by atoms with Crippen molar-refractivity contribution < 1.29 is 14.4 Å². The molecule has 182 valence electrons. The lowest BCUT2D eigenvalue weighted by Gasteiger charge is -2.37. The van der Waals surface area contributed by atoms with Gasteiger partial charge in [-0.25, -0.2) is 9.48 Å². The summed E-state index contributed by atoms with van der Waals surface area (Å²) < 4.78 is 1.74. The van der Waals surface area contributed by atoms with Crippen LogP contribution < -0.4 is 5.32 Å². The molecular weight excluding hydrogens is 448 g/mol. The number of amides is 4. The molecule has 0 radical (unpaired) electrons. The predicted octanol–water partition coefficient (Wildman–Crippen LogP) is 1.88. The Morgan fingerprint density at radius 2 is 2.11 bits per heavy atom. The number of urea groups is 1. The zero-order chi connectivity index (χ0) is 24.6. The largest absolute Gasteiger partial charge is 0.339 e. The van der Waals surface area contributed by atoms with Gasteiger partial charge in [0.2, 0.25) is 5.91 Å². The summed E-state index contributed by atoms with van der Waals surface area (Å²) in [6.07, 6.45) is 9.96. The van der Waals surface area contributed by atoms with E-state index >= 15 is 0 Å². The fourth-order valence-corrected chi connectivity index (χ4v) is 5.50. The standard InChI is InChI=1S/C24H28N8O3/c1-16-5-2-3-7-24(16)22(34)31(23(35)27-24)15-21(33)30-8-4-6-19(13-30)32-14-20(28-29-32)18-9-17(10-25)11-26-12-18/h9,11-12,14,16,19H,2-8,13,15H2,1H3,(H,27,35). The molecule has 0 bridgehead atoms. The van der Waals surface area contributed by atoms with Gasteiger partial charge in [-0.1, -0.05) is 25.0 Å². The number of hydrogen-bond donors (Lipinski definition) is 1. The molecule has 11 nitrogen and oxygen atoms in total. The van der Waals surface area contributed by atoms with Crippen molar-refractivity contribution in [2.45, 2.75) is 57.0 Å². The van der Waals surface area contributed by atoms with Crippen LogP contribution in [0, 0.1) is 17.2 Å². The first-order chi connectivity index (χ1) is 16.9. The van der Waals surface area contributed by atoms with Crippen molar-refractivity contribution >= 4 is 17.8 Å². The molecule has 4 heterocycles. The summed E-state index contributed by atoms with van der Waals surface area (Å²) in [7, 11) is 0. The van der Waals surface area contributed by atoms with Gasteiger partial charge in [0.05, 0.1) is 17.8 Å². The lowest BCUT2D eigenvalue weighted by molar-refractivity contribution is -0.141. The van der Waals surface area contributed by atoms with Crippen molar-refractivity contribution in [3.05, 3.63) is 30.2 Å². The third-order valence-corrected chi connectivity index (χ3v) is 7.59. The van der Waals surface area contributed by atoms with Crippen LogP contribution in [0.15, 0.2) is 24.7 Å². The number of imide groups is 1. The Morgan fingerprint density at radius 3 is 2.91 bits per heavy atom. The van der Waals surface area contributed by atoms with Crippen LogP contribution in [0.4, 0.5) is 4.79 Å². The molecule has 3 atom stereocenters. The number of aromatic nitrogens is 4. The molecule has 11 heteroatoms. The summed E-state index contributed by atoms with van der Waals surface area (Å²) in [6.45, 7) is 2.73. The van der Waals surface area contributed by atoms with Gasteiger partial charge < -0.3 is 10.2 Å². The van der Waals surface area contributed by atoms with Gasteiger partial charge in [0.1, 0.15) is 23.8 Å². The van der Waals surface area contributed by atoms with Crippen LogP contribution in [-0.4, -0.2) is 72.8 Å². The monoisotopic (exact) mass is 476 g/mol. The normalized spacial score (nSPS) is 26.6. The van der Waals surface area contributed by atoms with Gasteiger partial charge in [0, 0.05) is 31.0 Å². The highest BCUT2D eigenvalue weighted by molar-refractivity contribution is 6.09. The van der Waals surface area contributed by atoms with E-state index in [4.69, 9.17) is 5.26 Å². The summed E-state index contributed by atoms with van der Waals surface area (Å²) in [5.74, 6) is -0.464. The van der Waals surface area contributed by atoms with E-state index in [1.54, 1.807) is 28.0 Å². The van der Waals surface area contributed by atoms with Gasteiger partial charge in [-0.3, -0.25) is 19.5 Å². The van der Waals surface area contributed by atoms with Crippen molar-refractivity contribution in [1.29, 1.82) is 5.26 Å². The van der Waals surface area contributed by atoms with Crippen LogP contribution >= 0.6 is 0 Å². The maximum atomic E-state index is 13.2. The summed E-state index contributed by atoms with van der Waals surface area (Å²) in [5.41, 5.74) is 0.874. The van der Waals surface area contributed by atoms with Crippen LogP contribution in [0.5, 0.6) is 0 Å². The van der Waals surface area contributed by atoms with E-state index in [9.17, 15) is 14.4 Å². The summed E-state index contributed by atoms with van der Waals surface area (Å²) in [6, 6.07) is 3.22. The number of carbonyl (C=O) groups is 3.